The zero-order valence-corrected chi connectivity index (χ0v) is 20.8. The number of fused-ring (bicyclic) bond motifs is 2. The highest BCUT2D eigenvalue weighted by molar-refractivity contribution is 5.77. The van der Waals surface area contributed by atoms with Gasteiger partial charge in [-0.3, -0.25) is 4.79 Å². The van der Waals surface area contributed by atoms with Crippen LogP contribution in [0.2, 0.25) is 0 Å². The van der Waals surface area contributed by atoms with E-state index in [9.17, 15) is 15.0 Å². The fourth-order valence-corrected chi connectivity index (χ4v) is 4.93. The molecule has 0 amide bonds. The van der Waals surface area contributed by atoms with E-state index in [0.717, 1.165) is 0 Å². The number of carbonyl (C=O) groups is 1. The Morgan fingerprint density at radius 3 is 2.03 bits per heavy atom. The Balaban J connectivity index is 1.98. The van der Waals surface area contributed by atoms with Gasteiger partial charge in [-0.2, -0.15) is 0 Å². The lowest BCUT2D eigenvalue weighted by atomic mass is 9.65. The van der Waals surface area contributed by atoms with Gasteiger partial charge in [0.05, 0.1) is 33.4 Å². The van der Waals surface area contributed by atoms with Crippen LogP contribution < -0.4 is 23.7 Å². The molecule has 0 saturated carbocycles. The summed E-state index contributed by atoms with van der Waals surface area (Å²) in [6.45, 7) is 4.96. The lowest BCUT2D eigenvalue weighted by Crippen LogP contribution is -2.43. The maximum Gasteiger partial charge on any atom is 0.310 e. The van der Waals surface area contributed by atoms with Crippen LogP contribution in [0, 0.1) is 11.8 Å². The number of aliphatic hydroxyl groups excluding tert-OH is 2. The van der Waals surface area contributed by atoms with Gasteiger partial charge in [0.15, 0.2) is 23.0 Å². The number of benzene rings is 2. The fraction of sp³-hybridized carbons (Fsp3) is 0.500. The van der Waals surface area contributed by atoms with Gasteiger partial charge in [0.2, 0.25) is 12.5 Å². The molecule has 1 aliphatic heterocycles. The largest absolute Gasteiger partial charge is 0.493 e. The maximum atomic E-state index is 13.6. The first-order chi connectivity index (χ1) is 16.6. The van der Waals surface area contributed by atoms with Gasteiger partial charge in [-0.05, 0) is 61.7 Å². The summed E-state index contributed by atoms with van der Waals surface area (Å²) in [5, 5.41) is 21.6. The smallest absolute Gasteiger partial charge is 0.310 e. The third-order valence-corrected chi connectivity index (χ3v) is 6.39. The molecule has 0 saturated heterocycles. The summed E-state index contributed by atoms with van der Waals surface area (Å²) in [5.74, 6) is -0.642. The molecule has 4 atom stereocenters. The second kappa shape index (κ2) is 9.47. The highest BCUT2D eigenvalue weighted by Crippen LogP contribution is 2.54. The summed E-state index contributed by atoms with van der Waals surface area (Å²) < 4.78 is 33.5. The van der Waals surface area contributed by atoms with Gasteiger partial charge in [-0.25, -0.2) is 0 Å². The Kier molecular flexibility index (Phi) is 6.75. The van der Waals surface area contributed by atoms with E-state index >= 15 is 0 Å². The Labute approximate surface area is 204 Å². The van der Waals surface area contributed by atoms with Crippen LogP contribution in [0.4, 0.5) is 0 Å². The SMILES string of the molecule is COc1cc(C2c3cc4c(cc3C(O)[C@@H](CO)[C@@H]2C(=O)OC(C)(C)C)OCO4)cc(OC)c1OC. The van der Waals surface area contributed by atoms with Gasteiger partial charge in [0, 0.05) is 18.4 Å². The van der Waals surface area contributed by atoms with E-state index in [1.54, 1.807) is 45.0 Å². The van der Waals surface area contributed by atoms with Gasteiger partial charge >= 0.3 is 5.97 Å². The first-order valence-electron chi connectivity index (χ1n) is 11.4. The molecule has 0 bridgehead atoms. The first-order valence-corrected chi connectivity index (χ1v) is 11.4. The Morgan fingerprint density at radius 2 is 1.54 bits per heavy atom. The molecule has 9 nitrogen and oxygen atoms in total. The highest BCUT2D eigenvalue weighted by Gasteiger charge is 2.49. The molecule has 0 fully saturated rings. The molecule has 1 heterocycles. The van der Waals surface area contributed by atoms with Crippen molar-refractivity contribution in [3.8, 4) is 28.7 Å². The predicted molar refractivity (Wildman–Crippen MR) is 125 cm³/mol. The molecular formula is C26H32O9. The van der Waals surface area contributed by atoms with Gasteiger partial charge in [0.25, 0.3) is 0 Å². The molecule has 4 rings (SSSR count). The number of hydrogen-bond acceptors (Lipinski definition) is 9. The molecular weight excluding hydrogens is 456 g/mol. The Bertz CT molecular complexity index is 1080. The number of hydrogen-bond donors (Lipinski definition) is 2. The molecule has 2 N–H and O–H groups in total. The number of esters is 1. The molecule has 35 heavy (non-hydrogen) atoms. The van der Waals surface area contributed by atoms with Crippen molar-refractivity contribution in [2.45, 2.75) is 38.4 Å². The summed E-state index contributed by atoms with van der Waals surface area (Å²) in [4.78, 5) is 13.6. The van der Waals surface area contributed by atoms with E-state index in [4.69, 9.17) is 28.4 Å². The molecule has 2 aromatic carbocycles. The van der Waals surface area contributed by atoms with Crippen LogP contribution in [-0.4, -0.2) is 56.5 Å². The maximum absolute atomic E-state index is 13.6. The topological polar surface area (TPSA) is 113 Å². The van der Waals surface area contributed by atoms with Crippen molar-refractivity contribution in [2.75, 3.05) is 34.7 Å². The van der Waals surface area contributed by atoms with Crippen LogP contribution in [0.1, 0.15) is 49.5 Å². The zero-order chi connectivity index (χ0) is 25.5. The number of rotatable bonds is 6. The van der Waals surface area contributed by atoms with E-state index < -0.39 is 42.0 Å². The minimum atomic E-state index is -1.12. The first kappa shape index (κ1) is 24.9. The second-order valence-electron chi connectivity index (χ2n) is 9.62. The Morgan fingerprint density at radius 1 is 0.971 bits per heavy atom. The number of methoxy groups -OCH3 is 3. The number of aliphatic hydroxyl groups is 2. The molecule has 2 unspecified atom stereocenters. The standard InChI is InChI=1S/C26H32O9/c1-26(2,3)35-25(29)22-16(11-27)23(28)15-10-18-17(33-12-34-18)9-14(15)21(22)13-7-19(30-4)24(32-6)20(8-13)31-5/h7-10,16,21-23,27-28H,11-12H2,1-6H3/t16-,21?,22-,23?/m0/s1. The quantitative estimate of drug-likeness (QED) is 0.592. The van der Waals surface area contributed by atoms with Crippen LogP contribution >= 0.6 is 0 Å². The van der Waals surface area contributed by atoms with Crippen molar-refractivity contribution in [1.29, 1.82) is 0 Å². The number of carbonyl (C=O) groups excluding carboxylic acids is 1. The fourth-order valence-electron chi connectivity index (χ4n) is 4.93. The molecule has 0 aromatic heterocycles. The average molecular weight is 489 g/mol. The molecule has 2 aliphatic rings. The molecule has 1 aliphatic carbocycles. The Hall–Kier alpha value is -3.17. The molecule has 0 radical (unpaired) electrons. The third-order valence-electron chi connectivity index (χ3n) is 6.39. The average Bonchev–Trinajstić information content (AvgIpc) is 3.28. The van der Waals surface area contributed by atoms with Gasteiger partial charge in [0.1, 0.15) is 5.60 Å². The summed E-state index contributed by atoms with van der Waals surface area (Å²) in [5.41, 5.74) is 1.11. The van der Waals surface area contributed by atoms with Crippen molar-refractivity contribution in [3.05, 3.63) is 41.0 Å². The van der Waals surface area contributed by atoms with Crippen molar-refractivity contribution < 1.29 is 43.4 Å². The summed E-state index contributed by atoms with van der Waals surface area (Å²) in [7, 11) is 4.54. The molecule has 2 aromatic rings. The lowest BCUT2D eigenvalue weighted by molar-refractivity contribution is -0.166. The van der Waals surface area contributed by atoms with Crippen LogP contribution in [0.5, 0.6) is 28.7 Å². The summed E-state index contributed by atoms with van der Waals surface area (Å²) in [6, 6.07) is 7.02. The predicted octanol–water partition coefficient (Wildman–Crippen LogP) is 3.19. The van der Waals surface area contributed by atoms with E-state index in [2.05, 4.69) is 0 Å². The zero-order valence-electron chi connectivity index (χ0n) is 20.8. The summed E-state index contributed by atoms with van der Waals surface area (Å²) >= 11 is 0. The highest BCUT2D eigenvalue weighted by atomic mass is 16.7. The summed E-state index contributed by atoms with van der Waals surface area (Å²) in [6.07, 6.45) is -1.12. The van der Waals surface area contributed by atoms with Crippen molar-refractivity contribution in [2.24, 2.45) is 11.8 Å². The minimum Gasteiger partial charge on any atom is -0.493 e. The molecule has 190 valence electrons. The molecule has 9 heteroatoms. The lowest BCUT2D eigenvalue weighted by Gasteiger charge is -2.41. The molecule has 0 spiro atoms. The van der Waals surface area contributed by atoms with E-state index in [-0.39, 0.29) is 6.79 Å². The van der Waals surface area contributed by atoms with Crippen LogP contribution in [0.25, 0.3) is 0 Å². The van der Waals surface area contributed by atoms with E-state index in [1.807, 2.05) is 0 Å². The van der Waals surface area contributed by atoms with Crippen LogP contribution in [-0.2, 0) is 9.53 Å². The van der Waals surface area contributed by atoms with E-state index in [1.165, 1.54) is 21.3 Å². The van der Waals surface area contributed by atoms with Crippen LogP contribution in [0.15, 0.2) is 24.3 Å². The number of ether oxygens (including phenoxy) is 6. The third kappa shape index (κ3) is 4.46. The van der Waals surface area contributed by atoms with Crippen molar-refractivity contribution >= 4 is 5.97 Å². The second-order valence-corrected chi connectivity index (χ2v) is 9.62. The van der Waals surface area contributed by atoms with Crippen LogP contribution in [0.3, 0.4) is 0 Å². The van der Waals surface area contributed by atoms with Gasteiger partial charge in [-0.15, -0.1) is 0 Å². The minimum absolute atomic E-state index is 0.0576. The van der Waals surface area contributed by atoms with Gasteiger partial charge in [-0.1, -0.05) is 0 Å². The van der Waals surface area contributed by atoms with E-state index in [0.29, 0.717) is 45.4 Å². The monoisotopic (exact) mass is 488 g/mol. The van der Waals surface area contributed by atoms with Crippen molar-refractivity contribution in [3.63, 3.8) is 0 Å². The van der Waals surface area contributed by atoms with Crippen molar-refractivity contribution in [1.82, 2.24) is 0 Å². The van der Waals surface area contributed by atoms with Gasteiger partial charge < -0.3 is 38.6 Å². The normalized spacial score (nSPS) is 22.9.